The number of rotatable bonds is 4. The van der Waals surface area contributed by atoms with Crippen molar-refractivity contribution in [3.8, 4) is 11.1 Å². The van der Waals surface area contributed by atoms with Gasteiger partial charge in [0.25, 0.3) is 0 Å². The van der Waals surface area contributed by atoms with Gasteiger partial charge in [-0.15, -0.1) is 12.4 Å². The van der Waals surface area contributed by atoms with E-state index >= 15 is 0 Å². The second-order valence-corrected chi connectivity index (χ2v) is 7.59. The summed E-state index contributed by atoms with van der Waals surface area (Å²) in [6.07, 6.45) is 0.841. The van der Waals surface area contributed by atoms with Gasteiger partial charge in [0.05, 0.1) is 4.90 Å². The Morgan fingerprint density at radius 2 is 1.74 bits per heavy atom. The second kappa shape index (κ2) is 7.45. The molecule has 1 aliphatic rings. The van der Waals surface area contributed by atoms with E-state index < -0.39 is 10.0 Å². The van der Waals surface area contributed by atoms with Gasteiger partial charge in [-0.1, -0.05) is 42.5 Å². The van der Waals surface area contributed by atoms with Gasteiger partial charge in [-0.3, -0.25) is 0 Å². The molecule has 0 radical (unpaired) electrons. The average molecular weight is 353 g/mol. The van der Waals surface area contributed by atoms with Crippen molar-refractivity contribution in [3.63, 3.8) is 0 Å². The topological polar surface area (TPSA) is 63.4 Å². The second-order valence-electron chi connectivity index (χ2n) is 5.65. The number of halogens is 1. The lowest BCUT2D eigenvalue weighted by molar-refractivity contribution is 0.459. The molecule has 0 saturated carbocycles. The van der Waals surface area contributed by atoms with Crippen LogP contribution in [0.4, 0.5) is 0 Å². The molecule has 1 heterocycles. The van der Waals surface area contributed by atoms with Crippen molar-refractivity contribution in [1.82, 2.24) is 4.31 Å². The third-order valence-corrected chi connectivity index (χ3v) is 6.02. The fraction of sp³-hybridized carbons (Fsp3) is 0.294. The van der Waals surface area contributed by atoms with Gasteiger partial charge >= 0.3 is 0 Å². The lowest BCUT2D eigenvalue weighted by Gasteiger charge is -2.17. The number of nitrogens with zero attached hydrogens (tertiary/aromatic N) is 1. The molecule has 0 aromatic heterocycles. The van der Waals surface area contributed by atoms with Crippen molar-refractivity contribution >= 4 is 22.4 Å². The minimum absolute atomic E-state index is 0. The van der Waals surface area contributed by atoms with Crippen LogP contribution < -0.4 is 5.73 Å². The standard InChI is InChI=1S/C17H20N2O2S.ClH/c18-12-14-9-10-19(13-14)22(20,21)17-8-4-7-16(11-17)15-5-2-1-3-6-15;/h1-8,11,14H,9-10,12-13,18H2;1H. The van der Waals surface area contributed by atoms with Crippen LogP contribution in [0.15, 0.2) is 59.5 Å². The van der Waals surface area contributed by atoms with Gasteiger partial charge in [-0.25, -0.2) is 8.42 Å². The molecule has 23 heavy (non-hydrogen) atoms. The lowest BCUT2D eigenvalue weighted by Crippen LogP contribution is -2.30. The first kappa shape index (κ1) is 17.9. The molecule has 2 N–H and O–H groups in total. The lowest BCUT2D eigenvalue weighted by atomic mass is 10.1. The molecule has 0 bridgehead atoms. The minimum atomic E-state index is -3.43. The Kier molecular flexibility index (Phi) is 5.81. The first-order valence-electron chi connectivity index (χ1n) is 7.47. The molecule has 2 aromatic rings. The quantitative estimate of drug-likeness (QED) is 0.920. The maximum atomic E-state index is 12.8. The highest BCUT2D eigenvalue weighted by Gasteiger charge is 2.31. The number of hydrogen-bond donors (Lipinski definition) is 1. The number of nitrogens with two attached hydrogens (primary N) is 1. The highest BCUT2D eigenvalue weighted by atomic mass is 35.5. The van der Waals surface area contributed by atoms with Crippen molar-refractivity contribution in [2.24, 2.45) is 11.7 Å². The zero-order valence-corrected chi connectivity index (χ0v) is 14.4. The van der Waals surface area contributed by atoms with Crippen molar-refractivity contribution < 1.29 is 8.42 Å². The summed E-state index contributed by atoms with van der Waals surface area (Å²) in [5, 5.41) is 0. The summed E-state index contributed by atoms with van der Waals surface area (Å²) >= 11 is 0. The van der Waals surface area contributed by atoms with E-state index in [2.05, 4.69) is 0 Å². The third-order valence-electron chi connectivity index (χ3n) is 4.16. The Labute approximate surface area is 143 Å². The summed E-state index contributed by atoms with van der Waals surface area (Å²) in [5.41, 5.74) is 7.58. The molecule has 4 nitrogen and oxygen atoms in total. The molecule has 1 unspecified atom stereocenters. The van der Waals surface area contributed by atoms with Crippen molar-refractivity contribution in [2.45, 2.75) is 11.3 Å². The summed E-state index contributed by atoms with van der Waals surface area (Å²) in [4.78, 5) is 0.353. The van der Waals surface area contributed by atoms with Crippen LogP contribution in [0.5, 0.6) is 0 Å². The molecule has 6 heteroatoms. The van der Waals surface area contributed by atoms with Gasteiger partial charge in [-0.05, 0) is 42.1 Å². The molecular weight excluding hydrogens is 332 g/mol. The Hall–Kier alpha value is -1.40. The van der Waals surface area contributed by atoms with E-state index in [-0.39, 0.29) is 18.3 Å². The summed E-state index contributed by atoms with van der Waals surface area (Å²) in [6.45, 7) is 1.62. The van der Waals surface area contributed by atoms with Crippen molar-refractivity contribution in [1.29, 1.82) is 0 Å². The third kappa shape index (κ3) is 3.75. The van der Waals surface area contributed by atoms with Gasteiger partial charge in [-0.2, -0.15) is 4.31 Å². The Morgan fingerprint density at radius 1 is 1.04 bits per heavy atom. The van der Waals surface area contributed by atoms with Crippen LogP contribution in [0.2, 0.25) is 0 Å². The van der Waals surface area contributed by atoms with Gasteiger partial charge < -0.3 is 5.73 Å². The van der Waals surface area contributed by atoms with Crippen LogP contribution in [-0.4, -0.2) is 32.4 Å². The predicted molar refractivity (Wildman–Crippen MR) is 95.0 cm³/mol. The zero-order valence-electron chi connectivity index (χ0n) is 12.8. The fourth-order valence-electron chi connectivity index (χ4n) is 2.82. The van der Waals surface area contributed by atoms with Crippen molar-refractivity contribution in [3.05, 3.63) is 54.6 Å². The highest BCUT2D eigenvalue weighted by Crippen LogP contribution is 2.27. The Morgan fingerprint density at radius 3 is 2.39 bits per heavy atom. The fourth-order valence-corrected chi connectivity index (χ4v) is 4.40. The maximum absolute atomic E-state index is 12.8. The first-order valence-corrected chi connectivity index (χ1v) is 8.91. The molecular formula is C17H21ClN2O2S. The van der Waals surface area contributed by atoms with E-state index in [0.29, 0.717) is 24.5 Å². The zero-order chi connectivity index (χ0) is 15.6. The average Bonchev–Trinajstić information content (AvgIpc) is 3.06. The van der Waals surface area contributed by atoms with Gasteiger partial charge in [0, 0.05) is 13.1 Å². The molecule has 0 amide bonds. The normalized spacial score (nSPS) is 18.6. The highest BCUT2D eigenvalue weighted by molar-refractivity contribution is 7.89. The van der Waals surface area contributed by atoms with Crippen LogP contribution in [0.1, 0.15) is 6.42 Å². The van der Waals surface area contributed by atoms with E-state index in [1.165, 1.54) is 0 Å². The van der Waals surface area contributed by atoms with Gasteiger partial charge in [0.15, 0.2) is 0 Å². The number of hydrogen-bond acceptors (Lipinski definition) is 3. The minimum Gasteiger partial charge on any atom is -0.330 e. The van der Waals surface area contributed by atoms with E-state index in [4.69, 9.17) is 5.73 Å². The molecule has 1 fully saturated rings. The predicted octanol–water partition coefficient (Wildman–Crippen LogP) is 2.74. The molecule has 124 valence electrons. The van der Waals surface area contributed by atoms with Crippen molar-refractivity contribution in [2.75, 3.05) is 19.6 Å². The summed E-state index contributed by atoms with van der Waals surface area (Å²) in [5.74, 6) is 0.270. The summed E-state index contributed by atoms with van der Waals surface area (Å²) < 4.78 is 27.1. The van der Waals surface area contributed by atoms with Gasteiger partial charge in [0.2, 0.25) is 10.0 Å². The SMILES string of the molecule is Cl.NCC1CCN(S(=O)(=O)c2cccc(-c3ccccc3)c2)C1. The van der Waals surface area contributed by atoms with Gasteiger partial charge in [0.1, 0.15) is 0 Å². The summed E-state index contributed by atoms with van der Waals surface area (Å²) in [7, 11) is -3.43. The van der Waals surface area contributed by atoms with E-state index in [9.17, 15) is 8.42 Å². The monoisotopic (exact) mass is 352 g/mol. The molecule has 1 atom stereocenters. The number of sulfonamides is 1. The van der Waals surface area contributed by atoms with Crippen LogP contribution in [-0.2, 0) is 10.0 Å². The molecule has 0 spiro atoms. The first-order chi connectivity index (χ1) is 10.6. The molecule has 3 rings (SSSR count). The number of benzene rings is 2. The van der Waals surface area contributed by atoms with Crippen LogP contribution in [0, 0.1) is 5.92 Å². The molecule has 1 aliphatic heterocycles. The molecule has 0 aliphatic carbocycles. The van der Waals surface area contributed by atoms with E-state index in [1.807, 2.05) is 36.4 Å². The summed E-state index contributed by atoms with van der Waals surface area (Å²) in [6, 6.07) is 16.9. The van der Waals surface area contributed by atoms with Crippen LogP contribution in [0.3, 0.4) is 0 Å². The van der Waals surface area contributed by atoms with E-state index in [1.54, 1.807) is 22.5 Å². The Bertz CT molecular complexity index is 750. The molecule has 1 saturated heterocycles. The smallest absolute Gasteiger partial charge is 0.243 e. The van der Waals surface area contributed by atoms with Crippen LogP contribution >= 0.6 is 12.4 Å². The van der Waals surface area contributed by atoms with E-state index in [0.717, 1.165) is 17.5 Å². The maximum Gasteiger partial charge on any atom is 0.243 e. The largest absolute Gasteiger partial charge is 0.330 e. The van der Waals surface area contributed by atoms with Crippen LogP contribution in [0.25, 0.3) is 11.1 Å². The Balaban J connectivity index is 0.00000192. The molecule has 2 aromatic carbocycles.